The number of imidazole rings is 1. The number of amidine groups is 1. The maximum atomic E-state index is 13.5. The third kappa shape index (κ3) is 5.21. The third-order valence-electron chi connectivity index (χ3n) is 5.95. The Morgan fingerprint density at radius 2 is 1.69 bits per heavy atom. The smallest absolute Gasteiger partial charge is 0.264 e. The fourth-order valence-corrected chi connectivity index (χ4v) is 5.40. The zero-order valence-corrected chi connectivity index (χ0v) is 21.0. The van der Waals surface area contributed by atoms with Crippen molar-refractivity contribution in [3.8, 4) is 0 Å². The number of nitrogens with zero attached hydrogens (tertiary/aromatic N) is 4. The molecule has 0 radical (unpaired) electrons. The Labute approximate surface area is 206 Å². The van der Waals surface area contributed by atoms with E-state index in [0.29, 0.717) is 30.8 Å². The van der Waals surface area contributed by atoms with Gasteiger partial charge in [0.1, 0.15) is 11.7 Å². The number of nitrogen functional groups attached to an aromatic ring is 1. The van der Waals surface area contributed by atoms with Crippen LogP contribution in [0.1, 0.15) is 17.0 Å². The van der Waals surface area contributed by atoms with E-state index in [9.17, 15) is 8.42 Å². The molecule has 182 valence electrons. The van der Waals surface area contributed by atoms with Crippen LogP contribution in [-0.2, 0) is 23.5 Å². The van der Waals surface area contributed by atoms with Crippen molar-refractivity contribution in [2.75, 3.05) is 31.5 Å². The van der Waals surface area contributed by atoms with Gasteiger partial charge in [-0.25, -0.2) is 13.4 Å². The van der Waals surface area contributed by atoms with Crippen molar-refractivity contribution < 1.29 is 8.42 Å². The molecule has 3 N–H and O–H groups in total. The average molecular weight is 491 g/mol. The number of nitrogens with two attached hydrogens (primary N) is 1. The predicted octanol–water partition coefficient (Wildman–Crippen LogP) is 3.21. The Kier molecular flexibility index (Phi) is 6.90. The van der Waals surface area contributed by atoms with Crippen LogP contribution in [-0.4, -0.2) is 55.9 Å². The summed E-state index contributed by atoms with van der Waals surface area (Å²) in [6.07, 6.45) is 0.603. The zero-order valence-electron chi connectivity index (χ0n) is 20.1. The van der Waals surface area contributed by atoms with Crippen LogP contribution < -0.4 is 10.0 Å². The minimum absolute atomic E-state index is 0.0380. The molecule has 4 aromatic rings. The van der Waals surface area contributed by atoms with Gasteiger partial charge in [0.15, 0.2) is 0 Å². The Hall–Kier alpha value is -3.69. The normalized spacial score (nSPS) is 11.8. The molecule has 0 aliphatic carbocycles. The second-order valence-electron chi connectivity index (χ2n) is 8.74. The lowest BCUT2D eigenvalue weighted by atomic mass is 10.1. The van der Waals surface area contributed by atoms with Crippen molar-refractivity contribution in [1.82, 2.24) is 14.5 Å². The number of aromatic nitrogens is 2. The molecule has 0 aliphatic rings. The molecule has 3 aromatic carbocycles. The van der Waals surface area contributed by atoms with E-state index in [1.165, 1.54) is 4.31 Å². The fraction of sp³-hybridized carbons (Fsp3) is 0.231. The molecule has 0 spiro atoms. The molecule has 0 aliphatic heterocycles. The molecule has 35 heavy (non-hydrogen) atoms. The van der Waals surface area contributed by atoms with Gasteiger partial charge in [-0.2, -0.15) is 0 Å². The van der Waals surface area contributed by atoms with Crippen LogP contribution in [0, 0.1) is 5.41 Å². The molecule has 9 heteroatoms. The predicted molar refractivity (Wildman–Crippen MR) is 141 cm³/mol. The lowest BCUT2D eigenvalue weighted by Gasteiger charge is -2.26. The second kappa shape index (κ2) is 9.89. The summed E-state index contributed by atoms with van der Waals surface area (Å²) in [4.78, 5) is 7.04. The topological polar surface area (TPSA) is 108 Å². The van der Waals surface area contributed by atoms with Crippen LogP contribution in [0.15, 0.2) is 77.7 Å². The van der Waals surface area contributed by atoms with Crippen molar-refractivity contribution in [2.45, 2.75) is 11.3 Å². The number of benzene rings is 3. The highest BCUT2D eigenvalue weighted by atomic mass is 32.2. The number of hydrogen-bond donors (Lipinski definition) is 2. The van der Waals surface area contributed by atoms with Gasteiger partial charge in [0.2, 0.25) is 0 Å². The second-order valence-corrected chi connectivity index (χ2v) is 10.6. The molecular formula is C26H30N6O2S. The van der Waals surface area contributed by atoms with E-state index in [0.717, 1.165) is 22.4 Å². The number of fused-ring (bicyclic) bond motifs is 1. The maximum absolute atomic E-state index is 13.5. The first-order chi connectivity index (χ1) is 16.7. The minimum Gasteiger partial charge on any atom is -0.384 e. The molecule has 1 aromatic heterocycles. The molecule has 0 fully saturated rings. The first kappa shape index (κ1) is 24.4. The molecule has 0 unspecified atom stereocenters. The number of aryl methyl sites for hydroxylation is 1. The van der Waals surface area contributed by atoms with E-state index < -0.39 is 10.0 Å². The van der Waals surface area contributed by atoms with Gasteiger partial charge in [-0.15, -0.1) is 0 Å². The first-order valence-corrected chi connectivity index (χ1v) is 12.7. The molecule has 0 atom stereocenters. The highest BCUT2D eigenvalue weighted by Crippen LogP contribution is 2.28. The fourth-order valence-electron chi connectivity index (χ4n) is 3.93. The van der Waals surface area contributed by atoms with Crippen LogP contribution in [0.25, 0.3) is 11.0 Å². The van der Waals surface area contributed by atoms with E-state index in [1.54, 1.807) is 30.3 Å². The number of anilines is 1. The average Bonchev–Trinajstić information content (AvgIpc) is 3.14. The highest BCUT2D eigenvalue weighted by molar-refractivity contribution is 7.92. The quantitative estimate of drug-likeness (QED) is 0.277. The van der Waals surface area contributed by atoms with Gasteiger partial charge >= 0.3 is 0 Å². The molecule has 0 amide bonds. The van der Waals surface area contributed by atoms with Crippen molar-refractivity contribution in [1.29, 1.82) is 5.41 Å². The summed E-state index contributed by atoms with van der Waals surface area (Å²) in [6.45, 7) is 0.895. The van der Waals surface area contributed by atoms with Gasteiger partial charge in [-0.1, -0.05) is 42.5 Å². The first-order valence-electron chi connectivity index (χ1n) is 11.3. The van der Waals surface area contributed by atoms with Crippen LogP contribution in [0.3, 0.4) is 0 Å². The standard InChI is InChI=1S/C26H30N6O2S/c1-30(2)15-16-32(35(33,34)22-7-5-4-6-8-22)21-13-14-24-23(18-21)29-25(31(24)3)17-19-9-11-20(12-10-19)26(27)28/h4-14,18H,15-17H2,1-3H3,(H3,27,28). The van der Waals surface area contributed by atoms with Gasteiger partial charge in [0.05, 0.1) is 21.6 Å². The van der Waals surface area contributed by atoms with E-state index in [2.05, 4.69) is 0 Å². The SMILES string of the molecule is CN(C)CCN(c1ccc2c(c1)nc(Cc1ccc(C(=N)N)cc1)n2C)S(=O)(=O)c1ccccc1. The monoisotopic (exact) mass is 490 g/mol. The Morgan fingerprint density at radius 1 is 1.00 bits per heavy atom. The third-order valence-corrected chi connectivity index (χ3v) is 7.80. The van der Waals surface area contributed by atoms with Crippen LogP contribution in [0.2, 0.25) is 0 Å². The number of hydrogen-bond acceptors (Lipinski definition) is 5. The molecule has 4 rings (SSSR count). The molecule has 0 saturated heterocycles. The van der Waals surface area contributed by atoms with Crippen molar-refractivity contribution in [3.63, 3.8) is 0 Å². The number of sulfonamides is 1. The highest BCUT2D eigenvalue weighted by Gasteiger charge is 2.25. The van der Waals surface area contributed by atoms with Gasteiger partial charge in [-0.3, -0.25) is 9.71 Å². The Morgan fingerprint density at radius 3 is 2.31 bits per heavy atom. The Bertz CT molecular complexity index is 1440. The lowest BCUT2D eigenvalue weighted by molar-refractivity contribution is 0.419. The van der Waals surface area contributed by atoms with Crippen LogP contribution >= 0.6 is 0 Å². The van der Waals surface area contributed by atoms with Crippen molar-refractivity contribution in [2.24, 2.45) is 12.8 Å². The minimum atomic E-state index is -3.74. The van der Waals surface area contributed by atoms with Gasteiger partial charge in [-0.05, 0) is 50.0 Å². The van der Waals surface area contributed by atoms with E-state index in [4.69, 9.17) is 16.1 Å². The number of rotatable bonds is 9. The number of likely N-dealkylation sites (N-methyl/N-ethyl adjacent to an activating group) is 1. The van der Waals surface area contributed by atoms with Gasteiger partial charge in [0, 0.05) is 32.1 Å². The van der Waals surface area contributed by atoms with Crippen molar-refractivity contribution in [3.05, 3.63) is 89.7 Å². The number of nitrogens with one attached hydrogen (secondary N) is 1. The lowest BCUT2D eigenvalue weighted by Crippen LogP contribution is -2.36. The van der Waals surface area contributed by atoms with E-state index >= 15 is 0 Å². The summed E-state index contributed by atoms with van der Waals surface area (Å²) in [5.41, 5.74) is 9.52. The Balaban J connectivity index is 1.70. The summed E-state index contributed by atoms with van der Waals surface area (Å²) < 4.78 is 30.5. The van der Waals surface area contributed by atoms with Gasteiger partial charge < -0.3 is 15.2 Å². The molecular weight excluding hydrogens is 460 g/mol. The summed E-state index contributed by atoms with van der Waals surface area (Å²) in [6, 6.07) is 21.6. The molecule has 0 saturated carbocycles. The molecule has 8 nitrogen and oxygen atoms in total. The van der Waals surface area contributed by atoms with E-state index in [-0.39, 0.29) is 10.7 Å². The largest absolute Gasteiger partial charge is 0.384 e. The zero-order chi connectivity index (χ0) is 25.2. The van der Waals surface area contributed by atoms with Gasteiger partial charge in [0.25, 0.3) is 10.0 Å². The summed E-state index contributed by atoms with van der Waals surface area (Å²) in [7, 11) is 2.06. The summed E-state index contributed by atoms with van der Waals surface area (Å²) >= 11 is 0. The van der Waals surface area contributed by atoms with Crippen LogP contribution in [0.4, 0.5) is 5.69 Å². The molecule has 0 bridgehead atoms. The van der Waals surface area contributed by atoms with E-state index in [1.807, 2.05) is 73.1 Å². The summed E-state index contributed by atoms with van der Waals surface area (Å²) in [5.74, 6) is 0.898. The van der Waals surface area contributed by atoms with Crippen molar-refractivity contribution >= 4 is 32.6 Å². The maximum Gasteiger partial charge on any atom is 0.264 e. The van der Waals surface area contributed by atoms with Crippen LogP contribution in [0.5, 0.6) is 0 Å². The molecule has 1 heterocycles. The summed E-state index contributed by atoms with van der Waals surface area (Å²) in [5, 5.41) is 7.55.